The fraction of sp³-hybridized carbons (Fsp3) is 0.286. The number of carbonyl (C=O) groups excluding carboxylic acids is 2. The molecule has 0 aliphatic rings. The number of hydrogen-bond donors (Lipinski definition) is 2. The SMILES string of the molecule is Cc1ccccc1OCCCC(=O)Nc1cccc(CNC(=O)CC#N)c1. The molecule has 27 heavy (non-hydrogen) atoms. The Kier molecular flexibility index (Phi) is 7.86. The number of aryl methyl sites for hydroxylation is 1. The molecule has 6 heteroatoms. The van der Waals surface area contributed by atoms with Crippen molar-refractivity contribution in [2.75, 3.05) is 11.9 Å². The summed E-state index contributed by atoms with van der Waals surface area (Å²) in [4.78, 5) is 23.4. The van der Waals surface area contributed by atoms with E-state index < -0.39 is 0 Å². The number of para-hydroxylation sites is 1. The molecule has 2 amide bonds. The van der Waals surface area contributed by atoms with Crippen LogP contribution in [0.3, 0.4) is 0 Å². The van der Waals surface area contributed by atoms with E-state index in [-0.39, 0.29) is 18.2 Å². The molecule has 0 saturated heterocycles. The molecule has 0 radical (unpaired) electrons. The van der Waals surface area contributed by atoms with Crippen molar-refractivity contribution in [2.45, 2.75) is 32.7 Å². The normalized spacial score (nSPS) is 9.93. The Morgan fingerprint density at radius 3 is 2.70 bits per heavy atom. The van der Waals surface area contributed by atoms with E-state index in [4.69, 9.17) is 10.00 Å². The van der Waals surface area contributed by atoms with Gasteiger partial charge in [-0.3, -0.25) is 9.59 Å². The number of rotatable bonds is 9. The fourth-order valence-electron chi connectivity index (χ4n) is 2.45. The molecule has 6 nitrogen and oxygen atoms in total. The van der Waals surface area contributed by atoms with Crippen molar-refractivity contribution in [3.05, 3.63) is 59.7 Å². The molecule has 0 bridgehead atoms. The summed E-state index contributed by atoms with van der Waals surface area (Å²) in [5.41, 5.74) is 2.59. The van der Waals surface area contributed by atoms with Crippen LogP contribution in [-0.4, -0.2) is 18.4 Å². The molecular formula is C21H23N3O3. The largest absolute Gasteiger partial charge is 0.493 e. The molecule has 0 aliphatic heterocycles. The van der Waals surface area contributed by atoms with Gasteiger partial charge in [-0.1, -0.05) is 30.3 Å². The fourth-order valence-corrected chi connectivity index (χ4v) is 2.45. The molecule has 0 atom stereocenters. The third kappa shape index (κ3) is 7.20. The van der Waals surface area contributed by atoms with Gasteiger partial charge in [0, 0.05) is 18.7 Å². The molecule has 0 spiro atoms. The van der Waals surface area contributed by atoms with Gasteiger partial charge in [0.15, 0.2) is 0 Å². The van der Waals surface area contributed by atoms with Crippen LogP contribution in [0.4, 0.5) is 5.69 Å². The van der Waals surface area contributed by atoms with Crippen LogP contribution in [-0.2, 0) is 16.1 Å². The topological polar surface area (TPSA) is 91.2 Å². The van der Waals surface area contributed by atoms with Crippen molar-refractivity contribution in [1.82, 2.24) is 5.32 Å². The number of anilines is 1. The zero-order valence-electron chi connectivity index (χ0n) is 15.3. The predicted octanol–water partition coefficient (Wildman–Crippen LogP) is 3.32. The zero-order chi connectivity index (χ0) is 19.5. The highest BCUT2D eigenvalue weighted by Crippen LogP contribution is 2.16. The minimum atomic E-state index is -0.319. The molecule has 2 N–H and O–H groups in total. The van der Waals surface area contributed by atoms with E-state index in [1.54, 1.807) is 18.2 Å². The molecule has 2 rings (SSSR count). The molecule has 0 unspecified atom stereocenters. The van der Waals surface area contributed by atoms with E-state index >= 15 is 0 Å². The summed E-state index contributed by atoms with van der Waals surface area (Å²) in [6, 6.07) is 16.8. The Balaban J connectivity index is 1.73. The van der Waals surface area contributed by atoms with E-state index in [0.29, 0.717) is 31.7 Å². The lowest BCUT2D eigenvalue weighted by molar-refractivity contribution is -0.120. The van der Waals surface area contributed by atoms with Gasteiger partial charge in [0.1, 0.15) is 12.2 Å². The lowest BCUT2D eigenvalue weighted by Gasteiger charge is -2.10. The van der Waals surface area contributed by atoms with E-state index in [1.807, 2.05) is 43.3 Å². The average Bonchev–Trinajstić information content (AvgIpc) is 2.65. The Morgan fingerprint density at radius 1 is 1.11 bits per heavy atom. The summed E-state index contributed by atoms with van der Waals surface area (Å²) in [5.74, 6) is 0.429. The molecule has 2 aromatic carbocycles. The second-order valence-electron chi connectivity index (χ2n) is 6.08. The molecule has 0 fully saturated rings. The van der Waals surface area contributed by atoms with Crippen molar-refractivity contribution in [3.8, 4) is 11.8 Å². The quantitative estimate of drug-likeness (QED) is 0.667. The highest BCUT2D eigenvalue weighted by atomic mass is 16.5. The third-order valence-corrected chi connectivity index (χ3v) is 3.84. The van der Waals surface area contributed by atoms with Crippen LogP contribution in [0.25, 0.3) is 0 Å². The summed E-state index contributed by atoms with van der Waals surface area (Å²) in [5, 5.41) is 14.0. The van der Waals surface area contributed by atoms with Gasteiger partial charge in [0.2, 0.25) is 11.8 Å². The maximum Gasteiger partial charge on any atom is 0.234 e. The zero-order valence-corrected chi connectivity index (χ0v) is 15.3. The van der Waals surface area contributed by atoms with Crippen molar-refractivity contribution in [1.29, 1.82) is 5.26 Å². The Morgan fingerprint density at radius 2 is 1.93 bits per heavy atom. The molecule has 0 heterocycles. The van der Waals surface area contributed by atoms with E-state index in [9.17, 15) is 9.59 Å². The highest BCUT2D eigenvalue weighted by molar-refractivity contribution is 5.90. The van der Waals surface area contributed by atoms with Crippen LogP contribution in [0.5, 0.6) is 5.75 Å². The first-order valence-corrected chi connectivity index (χ1v) is 8.79. The lowest BCUT2D eigenvalue weighted by Crippen LogP contribution is -2.22. The standard InChI is InChI=1S/C21H23N3O3/c1-16-6-2-3-9-19(16)27-13-5-10-21(26)24-18-8-4-7-17(14-18)15-23-20(25)11-12-22/h2-4,6-9,14H,5,10-11,13,15H2,1H3,(H,23,25)(H,24,26). The number of nitrogens with zero attached hydrogens (tertiary/aromatic N) is 1. The minimum absolute atomic E-state index is 0.0888. The Hall–Kier alpha value is -3.33. The number of nitriles is 1. The van der Waals surface area contributed by atoms with Crippen LogP contribution in [0.2, 0.25) is 0 Å². The smallest absolute Gasteiger partial charge is 0.234 e. The van der Waals surface area contributed by atoms with Crippen LogP contribution < -0.4 is 15.4 Å². The van der Waals surface area contributed by atoms with Gasteiger partial charge in [-0.15, -0.1) is 0 Å². The van der Waals surface area contributed by atoms with Crippen LogP contribution in [0.1, 0.15) is 30.4 Å². The molecule has 2 aromatic rings. The first kappa shape index (κ1) is 20.0. The summed E-state index contributed by atoms with van der Waals surface area (Å²) < 4.78 is 5.69. The van der Waals surface area contributed by atoms with Crippen LogP contribution in [0.15, 0.2) is 48.5 Å². The Bertz CT molecular complexity index is 827. The van der Waals surface area contributed by atoms with Gasteiger partial charge >= 0.3 is 0 Å². The van der Waals surface area contributed by atoms with E-state index in [1.165, 1.54) is 0 Å². The number of benzene rings is 2. The number of hydrogen-bond acceptors (Lipinski definition) is 4. The van der Waals surface area contributed by atoms with Crippen LogP contribution >= 0.6 is 0 Å². The molecule has 0 aromatic heterocycles. The second-order valence-corrected chi connectivity index (χ2v) is 6.08. The average molecular weight is 365 g/mol. The Labute approximate surface area is 159 Å². The first-order chi connectivity index (χ1) is 13.1. The maximum atomic E-state index is 12.1. The maximum absolute atomic E-state index is 12.1. The summed E-state index contributed by atoms with van der Waals surface area (Å²) in [7, 11) is 0. The van der Waals surface area contributed by atoms with Gasteiger partial charge in [-0.2, -0.15) is 5.26 Å². The van der Waals surface area contributed by atoms with Crippen molar-refractivity contribution in [2.24, 2.45) is 0 Å². The van der Waals surface area contributed by atoms with Gasteiger partial charge in [0.25, 0.3) is 0 Å². The van der Waals surface area contributed by atoms with Gasteiger partial charge in [-0.05, 0) is 42.7 Å². The molecule has 0 aliphatic carbocycles. The third-order valence-electron chi connectivity index (χ3n) is 3.84. The second kappa shape index (κ2) is 10.6. The molecule has 140 valence electrons. The number of nitrogens with one attached hydrogen (secondary N) is 2. The van der Waals surface area contributed by atoms with Crippen LogP contribution in [0, 0.1) is 18.3 Å². The molecular weight excluding hydrogens is 342 g/mol. The van der Waals surface area contributed by atoms with Gasteiger partial charge < -0.3 is 15.4 Å². The molecule has 0 saturated carbocycles. The van der Waals surface area contributed by atoms with Crippen molar-refractivity contribution >= 4 is 17.5 Å². The van der Waals surface area contributed by atoms with Crippen molar-refractivity contribution < 1.29 is 14.3 Å². The van der Waals surface area contributed by atoms with Gasteiger partial charge in [-0.25, -0.2) is 0 Å². The number of amides is 2. The predicted molar refractivity (Wildman–Crippen MR) is 103 cm³/mol. The number of ether oxygens (including phenoxy) is 1. The highest BCUT2D eigenvalue weighted by Gasteiger charge is 2.05. The summed E-state index contributed by atoms with van der Waals surface area (Å²) >= 11 is 0. The van der Waals surface area contributed by atoms with E-state index in [0.717, 1.165) is 16.9 Å². The minimum Gasteiger partial charge on any atom is -0.493 e. The first-order valence-electron chi connectivity index (χ1n) is 8.79. The lowest BCUT2D eigenvalue weighted by atomic mass is 10.2. The number of carbonyl (C=O) groups is 2. The van der Waals surface area contributed by atoms with E-state index in [2.05, 4.69) is 10.6 Å². The van der Waals surface area contributed by atoms with Gasteiger partial charge in [0.05, 0.1) is 12.7 Å². The summed E-state index contributed by atoms with van der Waals surface area (Å²) in [6.07, 6.45) is 0.806. The summed E-state index contributed by atoms with van der Waals surface area (Å²) in [6.45, 7) is 2.77. The monoisotopic (exact) mass is 365 g/mol. The van der Waals surface area contributed by atoms with Crippen molar-refractivity contribution in [3.63, 3.8) is 0 Å².